The number of ether oxygens (including phenoxy) is 1. The van der Waals surface area contributed by atoms with Crippen LogP contribution in [0.3, 0.4) is 0 Å². The Hall–Kier alpha value is -4.37. The van der Waals surface area contributed by atoms with Crippen molar-refractivity contribution in [1.82, 2.24) is 0 Å². The lowest BCUT2D eigenvalue weighted by Crippen LogP contribution is -2.14. The molecule has 3 rings (SSSR count). The zero-order chi connectivity index (χ0) is 22.9. The lowest BCUT2D eigenvalue weighted by Gasteiger charge is -2.11. The molecule has 2 N–H and O–H groups in total. The van der Waals surface area contributed by atoms with Gasteiger partial charge in [-0.15, -0.1) is 0 Å². The van der Waals surface area contributed by atoms with E-state index < -0.39 is 11.9 Å². The van der Waals surface area contributed by atoms with Crippen LogP contribution in [0.5, 0.6) is 5.75 Å². The highest BCUT2D eigenvalue weighted by atomic mass is 16.5. The fourth-order valence-electron chi connectivity index (χ4n) is 3.08. The molecule has 6 nitrogen and oxygen atoms in total. The molecule has 0 saturated heterocycles. The van der Waals surface area contributed by atoms with E-state index in [0.717, 1.165) is 17.5 Å². The summed E-state index contributed by atoms with van der Waals surface area (Å²) in [5.41, 5.74) is 3.20. The largest absolute Gasteiger partial charge is 0.488 e. The Bertz CT molecular complexity index is 1190. The Kier molecular flexibility index (Phi) is 7.39. The average Bonchev–Trinajstić information content (AvgIpc) is 2.82. The molecule has 3 aromatic rings. The van der Waals surface area contributed by atoms with E-state index in [9.17, 15) is 14.9 Å². The fourth-order valence-corrected chi connectivity index (χ4v) is 3.08. The third-order valence-corrected chi connectivity index (χ3v) is 4.83. The normalized spacial score (nSPS) is 10.8. The Balaban J connectivity index is 1.77. The van der Waals surface area contributed by atoms with Crippen LogP contribution in [0.1, 0.15) is 34.0 Å². The monoisotopic (exact) mass is 426 g/mol. The Morgan fingerprint density at radius 3 is 2.41 bits per heavy atom. The molecular weight excluding hydrogens is 404 g/mol. The van der Waals surface area contributed by atoms with Crippen molar-refractivity contribution in [1.29, 1.82) is 5.26 Å². The lowest BCUT2D eigenvalue weighted by molar-refractivity contribution is -0.112. The minimum Gasteiger partial charge on any atom is -0.488 e. The summed E-state index contributed by atoms with van der Waals surface area (Å²) < 4.78 is 5.87. The molecule has 0 atom stereocenters. The molecule has 0 radical (unpaired) electrons. The molecule has 0 aliphatic carbocycles. The number of hydrogen-bond donors (Lipinski definition) is 2. The molecule has 0 aliphatic heterocycles. The molecule has 32 heavy (non-hydrogen) atoms. The van der Waals surface area contributed by atoms with Gasteiger partial charge in [-0.1, -0.05) is 55.5 Å². The highest BCUT2D eigenvalue weighted by Crippen LogP contribution is 2.23. The molecular formula is C26H22N2O4. The van der Waals surface area contributed by atoms with Crippen LogP contribution in [0.25, 0.3) is 6.08 Å². The predicted molar refractivity (Wildman–Crippen MR) is 122 cm³/mol. The molecule has 0 fully saturated rings. The second-order valence-corrected chi connectivity index (χ2v) is 6.96. The van der Waals surface area contributed by atoms with Gasteiger partial charge in [-0.3, -0.25) is 4.79 Å². The zero-order valence-electron chi connectivity index (χ0n) is 17.5. The van der Waals surface area contributed by atoms with Gasteiger partial charge in [-0.2, -0.15) is 5.26 Å². The number of amides is 1. The molecule has 0 unspecified atom stereocenters. The number of carboxylic acid groups (broad SMARTS) is 1. The molecule has 160 valence electrons. The van der Waals surface area contributed by atoms with Gasteiger partial charge in [-0.05, 0) is 47.9 Å². The molecule has 0 aromatic heterocycles. The third kappa shape index (κ3) is 5.61. The van der Waals surface area contributed by atoms with E-state index in [2.05, 4.69) is 5.32 Å². The molecule has 0 aliphatic rings. The van der Waals surface area contributed by atoms with Crippen molar-refractivity contribution >= 4 is 23.6 Å². The molecule has 0 bridgehead atoms. The second kappa shape index (κ2) is 10.6. The number of anilines is 1. The first-order valence-corrected chi connectivity index (χ1v) is 10.1. The van der Waals surface area contributed by atoms with Gasteiger partial charge in [0.05, 0.1) is 5.56 Å². The summed E-state index contributed by atoms with van der Waals surface area (Å²) in [6.45, 7) is 2.21. The maximum absolute atomic E-state index is 12.7. The molecule has 1 amide bonds. The first kappa shape index (κ1) is 22.3. The van der Waals surface area contributed by atoms with E-state index >= 15 is 0 Å². The summed E-state index contributed by atoms with van der Waals surface area (Å²) in [4.78, 5) is 23.7. The number of aromatic carboxylic acids is 1. The van der Waals surface area contributed by atoms with Crippen LogP contribution in [0.2, 0.25) is 0 Å². The van der Waals surface area contributed by atoms with E-state index in [0.29, 0.717) is 17.0 Å². The summed E-state index contributed by atoms with van der Waals surface area (Å²) in [7, 11) is 0. The van der Waals surface area contributed by atoms with Crippen LogP contribution in [0.4, 0.5) is 5.69 Å². The van der Waals surface area contributed by atoms with E-state index in [-0.39, 0.29) is 17.7 Å². The van der Waals surface area contributed by atoms with Crippen LogP contribution >= 0.6 is 0 Å². The number of carboxylic acids is 1. The molecule has 0 spiro atoms. The van der Waals surface area contributed by atoms with Crippen molar-refractivity contribution in [3.8, 4) is 11.8 Å². The standard InChI is InChI=1S/C26H22N2O4/c1-2-19-7-3-5-9-23(19)28-25(29)22(16-27)15-21-8-4-6-10-24(21)32-17-18-11-13-20(14-12-18)26(30)31/h3-15H,2,17H2,1H3,(H,28,29)(H,30,31). The number of nitriles is 1. The first-order valence-electron chi connectivity index (χ1n) is 10.1. The summed E-state index contributed by atoms with van der Waals surface area (Å²) in [6, 6.07) is 22.9. The van der Waals surface area contributed by atoms with Crippen LogP contribution in [-0.4, -0.2) is 17.0 Å². The third-order valence-electron chi connectivity index (χ3n) is 4.83. The van der Waals surface area contributed by atoms with Crippen LogP contribution < -0.4 is 10.1 Å². The number of aryl methyl sites for hydroxylation is 1. The summed E-state index contributed by atoms with van der Waals surface area (Å²) >= 11 is 0. The first-order chi connectivity index (χ1) is 15.5. The summed E-state index contributed by atoms with van der Waals surface area (Å²) in [6.07, 6.45) is 2.25. The number of hydrogen-bond acceptors (Lipinski definition) is 4. The van der Waals surface area contributed by atoms with Crippen molar-refractivity contribution in [2.45, 2.75) is 20.0 Å². The number of nitrogens with zero attached hydrogens (tertiary/aromatic N) is 1. The average molecular weight is 426 g/mol. The van der Waals surface area contributed by atoms with Gasteiger partial charge in [0.15, 0.2) is 0 Å². The fraction of sp³-hybridized carbons (Fsp3) is 0.115. The number of carbonyl (C=O) groups excluding carboxylic acids is 1. The van der Waals surface area contributed by atoms with Gasteiger partial charge in [-0.25, -0.2) is 4.79 Å². The summed E-state index contributed by atoms with van der Waals surface area (Å²) in [5, 5.41) is 21.4. The minimum absolute atomic E-state index is 0.0437. The van der Waals surface area contributed by atoms with Gasteiger partial charge in [0, 0.05) is 11.3 Å². The molecule has 0 heterocycles. The highest BCUT2D eigenvalue weighted by molar-refractivity contribution is 6.10. The lowest BCUT2D eigenvalue weighted by atomic mass is 10.1. The SMILES string of the molecule is CCc1ccccc1NC(=O)C(C#N)=Cc1ccccc1OCc1ccc(C(=O)O)cc1. The zero-order valence-corrected chi connectivity index (χ0v) is 17.5. The van der Waals surface area contributed by atoms with Gasteiger partial charge in [0.1, 0.15) is 24.0 Å². The molecule has 0 saturated carbocycles. The second-order valence-electron chi connectivity index (χ2n) is 6.96. The van der Waals surface area contributed by atoms with Crippen molar-refractivity contribution in [2.24, 2.45) is 0 Å². The van der Waals surface area contributed by atoms with Crippen LogP contribution in [-0.2, 0) is 17.8 Å². The van der Waals surface area contributed by atoms with E-state index in [1.165, 1.54) is 18.2 Å². The molecule has 6 heteroatoms. The Morgan fingerprint density at radius 1 is 1.03 bits per heavy atom. The van der Waals surface area contributed by atoms with Gasteiger partial charge < -0.3 is 15.2 Å². The van der Waals surface area contributed by atoms with Crippen molar-refractivity contribution < 1.29 is 19.4 Å². The van der Waals surface area contributed by atoms with Crippen molar-refractivity contribution in [3.63, 3.8) is 0 Å². The van der Waals surface area contributed by atoms with E-state index in [4.69, 9.17) is 9.84 Å². The van der Waals surface area contributed by atoms with Gasteiger partial charge in [0.2, 0.25) is 0 Å². The smallest absolute Gasteiger partial charge is 0.335 e. The number of nitrogens with one attached hydrogen (secondary N) is 1. The van der Waals surface area contributed by atoms with E-state index in [1.807, 2.05) is 31.2 Å². The number of para-hydroxylation sites is 2. The molecule has 3 aromatic carbocycles. The van der Waals surface area contributed by atoms with Gasteiger partial charge in [0.25, 0.3) is 5.91 Å². The topological polar surface area (TPSA) is 99.4 Å². The maximum atomic E-state index is 12.7. The van der Waals surface area contributed by atoms with E-state index in [1.54, 1.807) is 42.5 Å². The predicted octanol–water partition coefficient (Wildman–Crippen LogP) is 5.07. The van der Waals surface area contributed by atoms with Crippen LogP contribution in [0, 0.1) is 11.3 Å². The van der Waals surface area contributed by atoms with Crippen LogP contribution in [0.15, 0.2) is 78.4 Å². The quantitative estimate of drug-likeness (QED) is 0.387. The Labute approximate surface area is 186 Å². The Morgan fingerprint density at radius 2 is 1.72 bits per heavy atom. The van der Waals surface area contributed by atoms with Gasteiger partial charge >= 0.3 is 5.97 Å². The van der Waals surface area contributed by atoms with Crippen molar-refractivity contribution in [3.05, 3.63) is 101 Å². The van der Waals surface area contributed by atoms with Crippen molar-refractivity contribution in [2.75, 3.05) is 5.32 Å². The number of carbonyl (C=O) groups is 2. The summed E-state index contributed by atoms with van der Waals surface area (Å²) in [5.74, 6) is -0.978. The number of rotatable bonds is 8. The maximum Gasteiger partial charge on any atom is 0.335 e. The minimum atomic E-state index is -0.989. The number of benzene rings is 3. The highest BCUT2D eigenvalue weighted by Gasteiger charge is 2.13.